The first-order valence-corrected chi connectivity index (χ1v) is 12.7. The second-order valence-corrected chi connectivity index (χ2v) is 9.92. The molecular weight excluding hydrogens is 540 g/mol. The molecule has 0 fully saturated rings. The fourth-order valence-electron chi connectivity index (χ4n) is 3.54. The summed E-state index contributed by atoms with van der Waals surface area (Å²) in [6.45, 7) is 0. The molecule has 1 amide bonds. The Balaban J connectivity index is 1.40. The number of nitrogens with zero attached hydrogens (tertiary/aromatic N) is 5. The van der Waals surface area contributed by atoms with Crippen LogP contribution >= 0.6 is 11.6 Å². The van der Waals surface area contributed by atoms with Gasteiger partial charge in [-0.3, -0.25) is 9.52 Å². The van der Waals surface area contributed by atoms with Crippen LogP contribution in [0, 0.1) is 0 Å². The molecular formula is C24H16ClF2N7O3S. The van der Waals surface area contributed by atoms with Crippen molar-refractivity contribution in [2.75, 3.05) is 10.0 Å². The third-order valence-corrected chi connectivity index (χ3v) is 6.90. The minimum absolute atomic E-state index is 0.0228. The predicted octanol–water partition coefficient (Wildman–Crippen LogP) is 4.83. The fourth-order valence-corrected chi connectivity index (χ4v) is 4.64. The van der Waals surface area contributed by atoms with Crippen LogP contribution in [0.15, 0.2) is 83.9 Å². The molecule has 5 rings (SSSR count). The summed E-state index contributed by atoms with van der Waals surface area (Å²) in [7, 11) is -3.99. The molecule has 2 N–H and O–H groups in total. The lowest BCUT2D eigenvalue weighted by Crippen LogP contribution is -2.15. The van der Waals surface area contributed by atoms with Crippen molar-refractivity contribution >= 4 is 44.7 Å². The number of benzene rings is 2. The van der Waals surface area contributed by atoms with Crippen molar-refractivity contribution in [1.82, 2.24) is 24.8 Å². The molecule has 0 bridgehead atoms. The number of sulfonamides is 1. The van der Waals surface area contributed by atoms with E-state index in [1.54, 1.807) is 30.3 Å². The van der Waals surface area contributed by atoms with Crippen LogP contribution in [-0.2, 0) is 10.0 Å². The van der Waals surface area contributed by atoms with Gasteiger partial charge in [-0.2, -0.15) is 5.10 Å². The van der Waals surface area contributed by atoms with Crippen molar-refractivity contribution in [3.05, 3.63) is 95.4 Å². The molecule has 10 nitrogen and oxygen atoms in total. The number of anilines is 2. The van der Waals surface area contributed by atoms with E-state index < -0.39 is 28.0 Å². The molecule has 0 unspecified atom stereocenters. The van der Waals surface area contributed by atoms with Gasteiger partial charge in [0.05, 0.1) is 16.8 Å². The Morgan fingerprint density at radius 1 is 0.974 bits per heavy atom. The maximum absolute atomic E-state index is 13.8. The molecule has 2 aromatic carbocycles. The molecule has 3 aromatic heterocycles. The Labute approximate surface area is 219 Å². The number of carbonyl (C=O) groups excluding carboxylic acids is 1. The number of amides is 1. The summed E-state index contributed by atoms with van der Waals surface area (Å²) < 4.78 is 56.0. The molecule has 3 heterocycles. The standard InChI is InChI=1S/C24H16ClF2N7O3S/c25-20-10-11-21(32-31-20)33-38(36,37)16-8-6-15(7-9-16)29-24(35)17-13-28-34-19(22(26)27)12-18(30-23(17)34)14-4-2-1-3-5-14/h1-13,22H,(H,29,35)(H,32,33). The second kappa shape index (κ2) is 10.1. The number of aromatic nitrogens is 5. The van der Waals surface area contributed by atoms with E-state index in [-0.39, 0.29) is 38.5 Å². The van der Waals surface area contributed by atoms with Crippen molar-refractivity contribution in [3.63, 3.8) is 0 Å². The maximum Gasteiger partial charge on any atom is 0.280 e. The third-order valence-electron chi connectivity index (χ3n) is 5.33. The van der Waals surface area contributed by atoms with Gasteiger partial charge in [-0.1, -0.05) is 41.9 Å². The first kappa shape index (κ1) is 25.2. The second-order valence-electron chi connectivity index (χ2n) is 7.85. The lowest BCUT2D eigenvalue weighted by Gasteiger charge is -2.10. The minimum atomic E-state index is -3.99. The normalized spacial score (nSPS) is 11.6. The van der Waals surface area contributed by atoms with Crippen LogP contribution in [0.5, 0.6) is 0 Å². The summed E-state index contributed by atoms with van der Waals surface area (Å²) in [5, 5.41) is 13.9. The van der Waals surface area contributed by atoms with E-state index >= 15 is 0 Å². The Kier molecular flexibility index (Phi) is 6.70. The average Bonchev–Trinajstić information content (AvgIpc) is 3.34. The van der Waals surface area contributed by atoms with Crippen LogP contribution < -0.4 is 10.0 Å². The lowest BCUT2D eigenvalue weighted by atomic mass is 10.1. The average molecular weight is 556 g/mol. The van der Waals surface area contributed by atoms with E-state index in [1.807, 2.05) is 0 Å². The molecule has 192 valence electrons. The van der Waals surface area contributed by atoms with Crippen molar-refractivity contribution in [2.45, 2.75) is 11.3 Å². The molecule has 0 aliphatic heterocycles. The van der Waals surface area contributed by atoms with Crippen LogP contribution in [0.1, 0.15) is 22.5 Å². The first-order valence-electron chi connectivity index (χ1n) is 10.9. The largest absolute Gasteiger partial charge is 0.322 e. The molecule has 5 aromatic rings. The summed E-state index contributed by atoms with van der Waals surface area (Å²) in [4.78, 5) is 17.3. The van der Waals surface area contributed by atoms with Gasteiger partial charge in [0.25, 0.3) is 22.4 Å². The highest BCUT2D eigenvalue weighted by Gasteiger charge is 2.22. The zero-order valence-electron chi connectivity index (χ0n) is 19.1. The van der Waals surface area contributed by atoms with Gasteiger partial charge in [0.2, 0.25) is 0 Å². The van der Waals surface area contributed by atoms with Gasteiger partial charge in [0, 0.05) is 11.3 Å². The molecule has 0 spiro atoms. The van der Waals surface area contributed by atoms with Gasteiger partial charge in [-0.15, -0.1) is 10.2 Å². The topological polar surface area (TPSA) is 131 Å². The number of hydrogen-bond donors (Lipinski definition) is 2. The Bertz CT molecular complexity index is 1730. The number of hydrogen-bond acceptors (Lipinski definition) is 7. The molecule has 0 radical (unpaired) electrons. The van der Waals surface area contributed by atoms with Gasteiger partial charge in [0.15, 0.2) is 16.6 Å². The van der Waals surface area contributed by atoms with Crippen molar-refractivity contribution in [1.29, 1.82) is 0 Å². The van der Waals surface area contributed by atoms with Crippen LogP contribution in [0.4, 0.5) is 20.3 Å². The highest BCUT2D eigenvalue weighted by molar-refractivity contribution is 7.92. The molecule has 0 saturated carbocycles. The lowest BCUT2D eigenvalue weighted by molar-refractivity contribution is 0.102. The number of alkyl halides is 2. The number of carbonyl (C=O) groups is 1. The number of nitrogens with one attached hydrogen (secondary N) is 2. The van der Waals surface area contributed by atoms with Crippen LogP contribution in [0.3, 0.4) is 0 Å². The van der Waals surface area contributed by atoms with Crippen LogP contribution in [-0.4, -0.2) is 39.1 Å². The molecule has 0 aliphatic rings. The van der Waals surface area contributed by atoms with Gasteiger partial charge in [-0.25, -0.2) is 26.7 Å². The number of rotatable bonds is 7. The van der Waals surface area contributed by atoms with E-state index in [1.165, 1.54) is 42.5 Å². The number of halogens is 3. The zero-order chi connectivity index (χ0) is 26.9. The summed E-state index contributed by atoms with van der Waals surface area (Å²) in [6, 6.07) is 18.0. The van der Waals surface area contributed by atoms with E-state index in [2.05, 4.69) is 30.3 Å². The summed E-state index contributed by atoms with van der Waals surface area (Å²) >= 11 is 5.66. The van der Waals surface area contributed by atoms with Crippen LogP contribution in [0.25, 0.3) is 16.9 Å². The smallest absolute Gasteiger partial charge is 0.280 e. The number of fused-ring (bicyclic) bond motifs is 1. The van der Waals surface area contributed by atoms with E-state index in [9.17, 15) is 22.0 Å². The molecule has 0 atom stereocenters. The highest BCUT2D eigenvalue weighted by Crippen LogP contribution is 2.27. The highest BCUT2D eigenvalue weighted by atomic mass is 35.5. The van der Waals surface area contributed by atoms with Gasteiger partial charge in [0.1, 0.15) is 11.3 Å². The molecule has 0 aliphatic carbocycles. The summed E-state index contributed by atoms with van der Waals surface area (Å²) in [5.74, 6) is -0.687. The fraction of sp³-hybridized carbons (Fsp3) is 0.0417. The SMILES string of the molecule is O=C(Nc1ccc(S(=O)(=O)Nc2ccc(Cl)nn2)cc1)c1cnn2c(C(F)F)cc(-c3ccccc3)nc12. The van der Waals surface area contributed by atoms with E-state index in [0.717, 1.165) is 10.7 Å². The summed E-state index contributed by atoms with van der Waals surface area (Å²) in [5.41, 5.74) is 0.610. The predicted molar refractivity (Wildman–Crippen MR) is 136 cm³/mol. The monoisotopic (exact) mass is 555 g/mol. The molecule has 0 saturated heterocycles. The third kappa shape index (κ3) is 5.14. The Morgan fingerprint density at radius 2 is 1.71 bits per heavy atom. The van der Waals surface area contributed by atoms with Crippen molar-refractivity contribution in [2.24, 2.45) is 0 Å². The van der Waals surface area contributed by atoms with E-state index in [0.29, 0.717) is 5.56 Å². The summed E-state index contributed by atoms with van der Waals surface area (Å²) in [6.07, 6.45) is -1.71. The Hall–Kier alpha value is -4.49. The first-order chi connectivity index (χ1) is 18.2. The van der Waals surface area contributed by atoms with Crippen molar-refractivity contribution in [3.8, 4) is 11.3 Å². The van der Waals surface area contributed by atoms with Gasteiger partial charge in [-0.05, 0) is 42.5 Å². The van der Waals surface area contributed by atoms with Gasteiger partial charge >= 0.3 is 0 Å². The molecule has 38 heavy (non-hydrogen) atoms. The van der Waals surface area contributed by atoms with E-state index in [4.69, 9.17) is 11.6 Å². The van der Waals surface area contributed by atoms with Crippen molar-refractivity contribution < 1.29 is 22.0 Å². The van der Waals surface area contributed by atoms with Crippen LogP contribution in [0.2, 0.25) is 5.15 Å². The Morgan fingerprint density at radius 3 is 2.37 bits per heavy atom. The zero-order valence-corrected chi connectivity index (χ0v) is 20.7. The maximum atomic E-state index is 13.8. The molecule has 14 heteroatoms. The minimum Gasteiger partial charge on any atom is -0.322 e. The quantitative estimate of drug-likeness (QED) is 0.294. The van der Waals surface area contributed by atoms with Gasteiger partial charge < -0.3 is 5.32 Å².